The molecule has 1 nitrogen and oxygen atoms in total. The lowest BCUT2D eigenvalue weighted by Gasteiger charge is -2.20. The maximum Gasteiger partial charge on any atom is 0.129 e. The number of halogens is 2. The zero-order valence-electron chi connectivity index (χ0n) is 10.1. The van der Waals surface area contributed by atoms with Gasteiger partial charge in [0.25, 0.3) is 0 Å². The Morgan fingerprint density at radius 2 is 1.75 bits per heavy atom. The molecule has 0 heterocycles. The third-order valence-electron chi connectivity index (χ3n) is 2.94. The standard InChI is InChI=1S/C13H19F2N/c1-9(2)13(16-3)8-7-10-11(14)5-4-6-12(10)15/h4-6,9,13,16H,7-8H2,1-3H3. The van der Waals surface area contributed by atoms with Crippen LogP contribution in [0.2, 0.25) is 0 Å². The van der Waals surface area contributed by atoms with Crippen LogP contribution in [-0.2, 0) is 6.42 Å². The lowest BCUT2D eigenvalue weighted by molar-refractivity contribution is 0.397. The van der Waals surface area contributed by atoms with E-state index in [1.807, 2.05) is 7.05 Å². The fourth-order valence-electron chi connectivity index (χ4n) is 1.88. The lowest BCUT2D eigenvalue weighted by atomic mass is 9.96. The van der Waals surface area contributed by atoms with Crippen molar-refractivity contribution in [3.63, 3.8) is 0 Å². The highest BCUT2D eigenvalue weighted by Gasteiger charge is 2.14. The highest BCUT2D eigenvalue weighted by atomic mass is 19.1. The van der Waals surface area contributed by atoms with E-state index in [0.29, 0.717) is 18.4 Å². The first kappa shape index (κ1) is 13.1. The number of nitrogens with one attached hydrogen (secondary N) is 1. The summed E-state index contributed by atoms with van der Waals surface area (Å²) in [5.41, 5.74) is 0.198. The molecule has 0 bridgehead atoms. The molecule has 1 aromatic rings. The van der Waals surface area contributed by atoms with E-state index in [9.17, 15) is 8.78 Å². The summed E-state index contributed by atoms with van der Waals surface area (Å²) < 4.78 is 26.7. The minimum Gasteiger partial charge on any atom is -0.317 e. The fourth-order valence-corrected chi connectivity index (χ4v) is 1.88. The molecule has 1 unspecified atom stereocenters. The number of hydrogen-bond acceptors (Lipinski definition) is 1. The molecule has 0 fully saturated rings. The second-order valence-corrected chi connectivity index (χ2v) is 4.38. The van der Waals surface area contributed by atoms with Crippen molar-refractivity contribution in [2.75, 3.05) is 7.05 Å². The smallest absolute Gasteiger partial charge is 0.129 e. The molecule has 1 atom stereocenters. The molecular weight excluding hydrogens is 208 g/mol. The van der Waals surface area contributed by atoms with Crippen LogP contribution < -0.4 is 5.32 Å². The molecule has 1 N–H and O–H groups in total. The van der Waals surface area contributed by atoms with E-state index in [-0.39, 0.29) is 5.56 Å². The summed E-state index contributed by atoms with van der Waals surface area (Å²) in [6.07, 6.45) is 1.17. The summed E-state index contributed by atoms with van der Waals surface area (Å²) in [4.78, 5) is 0. The maximum absolute atomic E-state index is 13.3. The van der Waals surface area contributed by atoms with Gasteiger partial charge in [-0.05, 0) is 37.9 Å². The van der Waals surface area contributed by atoms with Crippen molar-refractivity contribution >= 4 is 0 Å². The maximum atomic E-state index is 13.3. The van der Waals surface area contributed by atoms with Gasteiger partial charge in [-0.15, -0.1) is 0 Å². The first-order chi connectivity index (χ1) is 7.56. The van der Waals surface area contributed by atoms with Crippen LogP contribution in [0.4, 0.5) is 8.78 Å². The van der Waals surface area contributed by atoms with Crippen molar-refractivity contribution < 1.29 is 8.78 Å². The molecular formula is C13H19F2N. The summed E-state index contributed by atoms with van der Waals surface area (Å²) in [5, 5.41) is 3.17. The van der Waals surface area contributed by atoms with Crippen LogP contribution in [0.3, 0.4) is 0 Å². The highest BCUT2D eigenvalue weighted by molar-refractivity contribution is 5.19. The largest absolute Gasteiger partial charge is 0.317 e. The first-order valence-corrected chi connectivity index (χ1v) is 5.66. The van der Waals surface area contributed by atoms with Crippen molar-refractivity contribution in [1.82, 2.24) is 5.32 Å². The van der Waals surface area contributed by atoms with Crippen molar-refractivity contribution in [2.24, 2.45) is 5.92 Å². The van der Waals surface area contributed by atoms with Crippen LogP contribution >= 0.6 is 0 Å². The van der Waals surface area contributed by atoms with Gasteiger partial charge in [-0.1, -0.05) is 19.9 Å². The van der Waals surface area contributed by atoms with Crippen molar-refractivity contribution in [3.05, 3.63) is 35.4 Å². The van der Waals surface area contributed by atoms with Crippen molar-refractivity contribution in [2.45, 2.75) is 32.7 Å². The fraction of sp³-hybridized carbons (Fsp3) is 0.538. The zero-order chi connectivity index (χ0) is 12.1. The van der Waals surface area contributed by atoms with Gasteiger partial charge in [0, 0.05) is 11.6 Å². The van der Waals surface area contributed by atoms with Crippen LogP contribution in [-0.4, -0.2) is 13.1 Å². The Hall–Kier alpha value is -0.960. The molecule has 0 saturated heterocycles. The third kappa shape index (κ3) is 3.27. The van der Waals surface area contributed by atoms with Gasteiger partial charge in [0.15, 0.2) is 0 Å². The summed E-state index contributed by atoms with van der Waals surface area (Å²) in [6.45, 7) is 4.19. The molecule has 1 rings (SSSR count). The van der Waals surface area contributed by atoms with Gasteiger partial charge in [-0.25, -0.2) is 8.78 Å². The van der Waals surface area contributed by atoms with Crippen molar-refractivity contribution in [1.29, 1.82) is 0 Å². The Labute approximate surface area is 95.9 Å². The van der Waals surface area contributed by atoms with Crippen LogP contribution in [0.1, 0.15) is 25.8 Å². The average Bonchev–Trinajstić information content (AvgIpc) is 2.22. The Morgan fingerprint density at radius 3 is 2.19 bits per heavy atom. The molecule has 1 aromatic carbocycles. The van der Waals surface area contributed by atoms with Crippen LogP contribution in [0.5, 0.6) is 0 Å². The van der Waals surface area contributed by atoms with Crippen LogP contribution in [0, 0.1) is 17.6 Å². The zero-order valence-corrected chi connectivity index (χ0v) is 10.1. The molecule has 0 aliphatic rings. The van der Waals surface area contributed by atoms with Gasteiger partial charge >= 0.3 is 0 Å². The van der Waals surface area contributed by atoms with E-state index in [0.717, 1.165) is 6.42 Å². The monoisotopic (exact) mass is 227 g/mol. The van der Waals surface area contributed by atoms with Gasteiger partial charge in [0.2, 0.25) is 0 Å². The summed E-state index contributed by atoms with van der Waals surface area (Å²) in [6, 6.07) is 4.30. The summed E-state index contributed by atoms with van der Waals surface area (Å²) in [7, 11) is 1.88. The minimum absolute atomic E-state index is 0.198. The van der Waals surface area contributed by atoms with Gasteiger partial charge < -0.3 is 5.32 Å². The quantitative estimate of drug-likeness (QED) is 0.814. The average molecular weight is 227 g/mol. The molecule has 0 aromatic heterocycles. The summed E-state index contributed by atoms with van der Waals surface area (Å²) >= 11 is 0. The Bertz CT molecular complexity index is 316. The first-order valence-electron chi connectivity index (χ1n) is 5.66. The van der Waals surface area contributed by atoms with Crippen LogP contribution in [0.15, 0.2) is 18.2 Å². The van der Waals surface area contributed by atoms with Crippen LogP contribution in [0.25, 0.3) is 0 Å². The highest BCUT2D eigenvalue weighted by Crippen LogP contribution is 2.16. The second kappa shape index (κ2) is 5.94. The topological polar surface area (TPSA) is 12.0 Å². The number of benzene rings is 1. The number of hydrogen-bond donors (Lipinski definition) is 1. The lowest BCUT2D eigenvalue weighted by Crippen LogP contribution is -2.31. The SMILES string of the molecule is CNC(CCc1c(F)cccc1F)C(C)C. The second-order valence-electron chi connectivity index (χ2n) is 4.38. The predicted molar refractivity (Wildman–Crippen MR) is 62.4 cm³/mol. The molecule has 16 heavy (non-hydrogen) atoms. The van der Waals surface area contributed by atoms with E-state index in [1.54, 1.807) is 0 Å². The molecule has 0 saturated carbocycles. The van der Waals surface area contributed by atoms with E-state index in [4.69, 9.17) is 0 Å². The van der Waals surface area contributed by atoms with E-state index < -0.39 is 11.6 Å². The van der Waals surface area contributed by atoms with E-state index in [2.05, 4.69) is 19.2 Å². The molecule has 3 heteroatoms. The predicted octanol–water partition coefficient (Wildman–Crippen LogP) is 3.14. The van der Waals surface area contributed by atoms with Gasteiger partial charge in [0.05, 0.1) is 0 Å². The van der Waals surface area contributed by atoms with Crippen molar-refractivity contribution in [3.8, 4) is 0 Å². The Morgan fingerprint density at radius 1 is 1.19 bits per heavy atom. The normalized spacial score (nSPS) is 13.1. The molecule has 0 aliphatic heterocycles. The Kier molecular flexibility index (Phi) is 4.87. The minimum atomic E-state index is -0.446. The van der Waals surface area contributed by atoms with Gasteiger partial charge in [-0.2, -0.15) is 0 Å². The van der Waals surface area contributed by atoms with Gasteiger partial charge in [-0.3, -0.25) is 0 Å². The molecule has 0 spiro atoms. The van der Waals surface area contributed by atoms with E-state index in [1.165, 1.54) is 18.2 Å². The third-order valence-corrected chi connectivity index (χ3v) is 2.94. The summed E-state index contributed by atoms with van der Waals surface area (Å²) in [5.74, 6) is -0.433. The molecule has 0 amide bonds. The number of rotatable bonds is 5. The van der Waals surface area contributed by atoms with E-state index >= 15 is 0 Å². The van der Waals surface area contributed by atoms with Gasteiger partial charge in [0.1, 0.15) is 11.6 Å². The Balaban J connectivity index is 2.67. The molecule has 0 aliphatic carbocycles. The molecule has 0 radical (unpaired) electrons. The molecule has 90 valence electrons.